The normalized spacial score (nSPS) is 10.7. The van der Waals surface area contributed by atoms with Gasteiger partial charge in [-0.05, 0) is 53.1 Å². The maximum atomic E-state index is 11.1. The number of phenolic OH excluding ortho intramolecular Hbond substituents is 1. The molecule has 6 heteroatoms. The van der Waals surface area contributed by atoms with Gasteiger partial charge in [0.15, 0.2) is 0 Å². The number of nitrogens with zero attached hydrogens (tertiary/aromatic N) is 1. The summed E-state index contributed by atoms with van der Waals surface area (Å²) in [4.78, 5) is 11.7. The Morgan fingerprint density at radius 3 is 2.43 bits per heavy atom. The zero-order valence-corrected chi connectivity index (χ0v) is 16.7. The zero-order valence-electron chi connectivity index (χ0n) is 15.9. The van der Waals surface area contributed by atoms with Crippen LogP contribution < -0.4 is 4.74 Å². The number of hydrogen-bond donors (Lipinski definition) is 1. The van der Waals surface area contributed by atoms with Gasteiger partial charge in [-0.25, -0.2) is 0 Å². The minimum absolute atomic E-state index is 0.0281. The van der Waals surface area contributed by atoms with Crippen molar-refractivity contribution in [1.29, 1.82) is 0 Å². The first-order valence-electron chi connectivity index (χ1n) is 8.84. The van der Waals surface area contributed by atoms with Crippen LogP contribution in [-0.2, 0) is 0 Å². The molecule has 0 amide bonds. The molecule has 0 atom stereocenters. The van der Waals surface area contributed by atoms with Crippen LogP contribution in [0.2, 0.25) is 0 Å². The van der Waals surface area contributed by atoms with E-state index >= 15 is 0 Å². The fraction of sp³-hybridized carbons (Fsp3) is 0.182. The van der Waals surface area contributed by atoms with Crippen LogP contribution in [0, 0.1) is 17.0 Å². The number of methoxy groups -OCH3 is 1. The van der Waals surface area contributed by atoms with E-state index in [1.54, 1.807) is 31.0 Å². The van der Waals surface area contributed by atoms with E-state index in [0.29, 0.717) is 5.56 Å². The third-order valence-corrected chi connectivity index (χ3v) is 5.63. The molecule has 0 aromatic heterocycles. The predicted molar refractivity (Wildman–Crippen MR) is 113 cm³/mol. The SMILES string of the molecule is CCSc1c(C)c(-c2cccc([N+](=O)[O-])c2)cc(O)c1-c1ccc(OC)cc1. The summed E-state index contributed by atoms with van der Waals surface area (Å²) in [7, 11) is 1.61. The molecule has 0 radical (unpaired) electrons. The van der Waals surface area contributed by atoms with E-state index in [-0.39, 0.29) is 11.4 Å². The summed E-state index contributed by atoms with van der Waals surface area (Å²) in [5.41, 5.74) is 4.16. The molecule has 28 heavy (non-hydrogen) atoms. The summed E-state index contributed by atoms with van der Waals surface area (Å²) in [5, 5.41) is 22.0. The molecule has 0 aliphatic heterocycles. The molecular weight excluding hydrogens is 374 g/mol. The third-order valence-electron chi connectivity index (χ3n) is 4.54. The van der Waals surface area contributed by atoms with Crippen LogP contribution in [0.3, 0.4) is 0 Å². The highest BCUT2D eigenvalue weighted by atomic mass is 32.2. The lowest BCUT2D eigenvalue weighted by molar-refractivity contribution is -0.384. The Labute approximate surface area is 168 Å². The van der Waals surface area contributed by atoms with Gasteiger partial charge in [0.05, 0.1) is 12.0 Å². The summed E-state index contributed by atoms with van der Waals surface area (Å²) in [6, 6.07) is 15.7. The van der Waals surface area contributed by atoms with Gasteiger partial charge < -0.3 is 9.84 Å². The molecule has 3 aromatic carbocycles. The fourth-order valence-corrected chi connectivity index (χ4v) is 4.17. The van der Waals surface area contributed by atoms with Crippen LogP contribution in [0.1, 0.15) is 12.5 Å². The van der Waals surface area contributed by atoms with E-state index in [9.17, 15) is 15.2 Å². The molecule has 5 nitrogen and oxygen atoms in total. The Morgan fingerprint density at radius 2 is 1.82 bits per heavy atom. The van der Waals surface area contributed by atoms with Crippen LogP contribution >= 0.6 is 11.8 Å². The van der Waals surface area contributed by atoms with Gasteiger partial charge in [-0.2, -0.15) is 0 Å². The highest BCUT2D eigenvalue weighted by Crippen LogP contribution is 2.45. The standard InChI is InChI=1S/C22H21NO4S/c1-4-28-22-14(2)19(16-6-5-7-17(12-16)23(25)26)13-20(24)21(22)15-8-10-18(27-3)11-9-15/h5-13,24H,4H2,1-3H3. The molecule has 144 valence electrons. The number of aromatic hydroxyl groups is 1. The molecule has 3 aromatic rings. The molecule has 0 aliphatic carbocycles. The fourth-order valence-electron chi connectivity index (χ4n) is 3.19. The van der Waals surface area contributed by atoms with Crippen LogP contribution in [-0.4, -0.2) is 22.9 Å². The molecule has 0 heterocycles. The Kier molecular flexibility index (Phi) is 5.90. The van der Waals surface area contributed by atoms with Crippen molar-refractivity contribution in [3.63, 3.8) is 0 Å². The maximum Gasteiger partial charge on any atom is 0.270 e. The van der Waals surface area contributed by atoms with Crippen molar-refractivity contribution in [1.82, 2.24) is 0 Å². The average molecular weight is 395 g/mol. The van der Waals surface area contributed by atoms with E-state index in [2.05, 4.69) is 6.92 Å². The average Bonchev–Trinajstić information content (AvgIpc) is 2.71. The summed E-state index contributed by atoms with van der Waals surface area (Å²) < 4.78 is 5.22. The van der Waals surface area contributed by atoms with Gasteiger partial charge in [-0.3, -0.25) is 10.1 Å². The predicted octanol–water partition coefficient (Wildman–Crippen LogP) is 6.06. The molecule has 3 rings (SSSR count). The van der Waals surface area contributed by atoms with E-state index in [1.807, 2.05) is 37.3 Å². The number of ether oxygens (including phenoxy) is 1. The number of hydrogen-bond acceptors (Lipinski definition) is 5. The smallest absolute Gasteiger partial charge is 0.270 e. The van der Waals surface area contributed by atoms with Gasteiger partial charge in [0.25, 0.3) is 5.69 Å². The third kappa shape index (κ3) is 3.82. The number of thioether (sulfide) groups is 1. The first-order chi connectivity index (χ1) is 13.5. The second-order valence-electron chi connectivity index (χ2n) is 6.24. The lowest BCUT2D eigenvalue weighted by Crippen LogP contribution is -1.94. The van der Waals surface area contributed by atoms with Crippen molar-refractivity contribution in [2.45, 2.75) is 18.7 Å². The summed E-state index contributed by atoms with van der Waals surface area (Å²) >= 11 is 1.64. The van der Waals surface area contributed by atoms with Crippen molar-refractivity contribution < 1.29 is 14.8 Å². The number of non-ortho nitro benzene ring substituents is 1. The van der Waals surface area contributed by atoms with E-state index in [4.69, 9.17) is 4.74 Å². The lowest BCUT2D eigenvalue weighted by Gasteiger charge is -2.18. The Bertz CT molecular complexity index is 1020. The van der Waals surface area contributed by atoms with Crippen molar-refractivity contribution in [3.05, 3.63) is 70.3 Å². The van der Waals surface area contributed by atoms with Gasteiger partial charge in [0.1, 0.15) is 11.5 Å². The maximum absolute atomic E-state index is 11.1. The van der Waals surface area contributed by atoms with Crippen molar-refractivity contribution >= 4 is 17.4 Å². The summed E-state index contributed by atoms with van der Waals surface area (Å²) in [6.07, 6.45) is 0. The molecular formula is C22H21NO4S. The van der Waals surface area contributed by atoms with Gasteiger partial charge in [0.2, 0.25) is 0 Å². The molecule has 0 saturated carbocycles. The van der Waals surface area contributed by atoms with Gasteiger partial charge >= 0.3 is 0 Å². The monoisotopic (exact) mass is 395 g/mol. The molecule has 0 saturated heterocycles. The summed E-state index contributed by atoms with van der Waals surface area (Å²) in [6.45, 7) is 4.04. The Morgan fingerprint density at radius 1 is 1.11 bits per heavy atom. The summed E-state index contributed by atoms with van der Waals surface area (Å²) in [5.74, 6) is 1.73. The Hall–Kier alpha value is -2.99. The van der Waals surface area contributed by atoms with Gasteiger partial charge in [0, 0.05) is 22.6 Å². The van der Waals surface area contributed by atoms with E-state index in [0.717, 1.165) is 38.7 Å². The van der Waals surface area contributed by atoms with Crippen LogP contribution in [0.4, 0.5) is 5.69 Å². The lowest BCUT2D eigenvalue weighted by atomic mass is 9.94. The molecule has 1 N–H and O–H groups in total. The quantitative estimate of drug-likeness (QED) is 0.312. The van der Waals surface area contributed by atoms with Crippen LogP contribution in [0.5, 0.6) is 11.5 Å². The van der Waals surface area contributed by atoms with Crippen LogP contribution in [0.15, 0.2) is 59.5 Å². The minimum atomic E-state index is -0.411. The van der Waals surface area contributed by atoms with E-state index in [1.165, 1.54) is 12.1 Å². The number of rotatable bonds is 6. The van der Waals surface area contributed by atoms with Crippen molar-refractivity contribution in [3.8, 4) is 33.8 Å². The van der Waals surface area contributed by atoms with Crippen molar-refractivity contribution in [2.75, 3.05) is 12.9 Å². The highest BCUT2D eigenvalue weighted by Gasteiger charge is 2.19. The first-order valence-corrected chi connectivity index (χ1v) is 9.83. The molecule has 0 fully saturated rings. The second-order valence-corrected chi connectivity index (χ2v) is 7.52. The van der Waals surface area contributed by atoms with Gasteiger partial charge in [-0.15, -0.1) is 11.8 Å². The highest BCUT2D eigenvalue weighted by molar-refractivity contribution is 7.99. The molecule has 0 spiro atoms. The largest absolute Gasteiger partial charge is 0.507 e. The van der Waals surface area contributed by atoms with Crippen molar-refractivity contribution in [2.24, 2.45) is 0 Å². The second kappa shape index (κ2) is 8.35. The van der Waals surface area contributed by atoms with E-state index < -0.39 is 4.92 Å². The topological polar surface area (TPSA) is 72.6 Å². The number of nitro benzene ring substituents is 1. The molecule has 0 bridgehead atoms. The minimum Gasteiger partial charge on any atom is -0.507 e. The number of nitro groups is 1. The zero-order chi connectivity index (χ0) is 20.3. The number of benzene rings is 3. The molecule has 0 aliphatic rings. The first kappa shape index (κ1) is 19.8. The number of phenols is 1. The molecule has 0 unspecified atom stereocenters. The van der Waals surface area contributed by atoms with Gasteiger partial charge in [-0.1, -0.05) is 31.2 Å². The van der Waals surface area contributed by atoms with Crippen LogP contribution in [0.25, 0.3) is 22.3 Å². The Balaban J connectivity index is 2.20.